The predicted octanol–water partition coefficient (Wildman–Crippen LogP) is 2.71. The van der Waals surface area contributed by atoms with E-state index in [1.807, 2.05) is 31.2 Å². The Bertz CT molecular complexity index is 657. The molecule has 1 heterocycles. The maximum absolute atomic E-state index is 12.3. The van der Waals surface area contributed by atoms with Gasteiger partial charge in [0.2, 0.25) is 0 Å². The number of carbonyl (C=O) groups excluding carboxylic acids is 1. The largest absolute Gasteiger partial charge is 0.495 e. The maximum atomic E-state index is 12.3. The van der Waals surface area contributed by atoms with Gasteiger partial charge in [-0.3, -0.25) is 4.79 Å². The van der Waals surface area contributed by atoms with Crippen LogP contribution in [-0.4, -0.2) is 38.3 Å². The van der Waals surface area contributed by atoms with E-state index in [4.69, 9.17) is 9.47 Å². The van der Waals surface area contributed by atoms with Crippen LogP contribution in [0.3, 0.4) is 0 Å². The van der Waals surface area contributed by atoms with Crippen LogP contribution in [0.5, 0.6) is 5.75 Å². The van der Waals surface area contributed by atoms with Crippen molar-refractivity contribution in [3.8, 4) is 5.75 Å². The van der Waals surface area contributed by atoms with Crippen molar-refractivity contribution in [3.05, 3.63) is 47.8 Å². The van der Waals surface area contributed by atoms with Crippen LogP contribution in [0.2, 0.25) is 0 Å². The van der Waals surface area contributed by atoms with Gasteiger partial charge in [0.15, 0.2) is 0 Å². The van der Waals surface area contributed by atoms with Crippen LogP contribution in [0.1, 0.15) is 16.1 Å². The second kappa shape index (κ2) is 8.14. The summed E-state index contributed by atoms with van der Waals surface area (Å²) in [6, 6.07) is 9.09. The summed E-state index contributed by atoms with van der Waals surface area (Å²) in [6.45, 7) is 3.24. The van der Waals surface area contributed by atoms with Crippen LogP contribution in [0, 0.1) is 6.92 Å². The van der Waals surface area contributed by atoms with Crippen LogP contribution >= 0.6 is 0 Å². The third-order valence-electron chi connectivity index (χ3n) is 3.23. The molecule has 0 spiro atoms. The Balaban J connectivity index is 2.05. The molecule has 0 fully saturated rings. The van der Waals surface area contributed by atoms with Crippen molar-refractivity contribution in [3.63, 3.8) is 0 Å². The van der Waals surface area contributed by atoms with Gasteiger partial charge in [-0.2, -0.15) is 0 Å². The van der Waals surface area contributed by atoms with Gasteiger partial charge in [-0.25, -0.2) is 4.98 Å². The molecule has 6 nitrogen and oxygen atoms in total. The van der Waals surface area contributed by atoms with Crippen molar-refractivity contribution in [2.45, 2.75) is 6.92 Å². The molecule has 0 atom stereocenters. The maximum Gasteiger partial charge on any atom is 0.274 e. The summed E-state index contributed by atoms with van der Waals surface area (Å²) in [5, 5.41) is 5.97. The molecule has 6 heteroatoms. The second-order valence-electron chi connectivity index (χ2n) is 5.01. The number of hydrogen-bond acceptors (Lipinski definition) is 5. The average molecular weight is 315 g/mol. The van der Waals surface area contributed by atoms with Gasteiger partial charge in [0.05, 0.1) is 31.3 Å². The van der Waals surface area contributed by atoms with Gasteiger partial charge < -0.3 is 20.1 Å². The highest BCUT2D eigenvalue weighted by Gasteiger charge is 2.11. The molecule has 0 aliphatic rings. The highest BCUT2D eigenvalue weighted by molar-refractivity contribution is 6.03. The first-order valence-corrected chi connectivity index (χ1v) is 7.29. The summed E-state index contributed by atoms with van der Waals surface area (Å²) < 4.78 is 10.2. The fourth-order valence-electron chi connectivity index (χ4n) is 2.04. The van der Waals surface area contributed by atoms with Crippen molar-refractivity contribution in [2.75, 3.05) is 38.0 Å². The third-order valence-corrected chi connectivity index (χ3v) is 3.23. The lowest BCUT2D eigenvalue weighted by Gasteiger charge is -2.11. The van der Waals surface area contributed by atoms with E-state index < -0.39 is 0 Å². The summed E-state index contributed by atoms with van der Waals surface area (Å²) in [4.78, 5) is 16.5. The quantitative estimate of drug-likeness (QED) is 0.769. The Morgan fingerprint density at radius 3 is 2.70 bits per heavy atom. The zero-order chi connectivity index (χ0) is 16.7. The summed E-state index contributed by atoms with van der Waals surface area (Å²) in [6.07, 6.45) is 1.62. The van der Waals surface area contributed by atoms with E-state index in [0.717, 1.165) is 11.3 Å². The Hall–Kier alpha value is -2.60. The molecule has 0 saturated heterocycles. The SMILES string of the molecule is COCCNc1ccc(C(=O)Nc2cc(C)ccc2OC)nc1. The number of aryl methyl sites for hydroxylation is 1. The molecule has 2 aromatic rings. The molecule has 2 N–H and O–H groups in total. The second-order valence-corrected chi connectivity index (χ2v) is 5.01. The molecule has 122 valence electrons. The first kappa shape index (κ1) is 16.8. The zero-order valence-electron chi connectivity index (χ0n) is 13.6. The van der Waals surface area contributed by atoms with Crippen LogP contribution < -0.4 is 15.4 Å². The molecule has 1 aromatic heterocycles. The van der Waals surface area contributed by atoms with Crippen molar-refractivity contribution < 1.29 is 14.3 Å². The van der Waals surface area contributed by atoms with Crippen LogP contribution in [0.4, 0.5) is 11.4 Å². The van der Waals surface area contributed by atoms with Gasteiger partial charge >= 0.3 is 0 Å². The highest BCUT2D eigenvalue weighted by atomic mass is 16.5. The summed E-state index contributed by atoms with van der Waals surface area (Å²) in [5.41, 5.74) is 2.84. The number of rotatable bonds is 7. The van der Waals surface area contributed by atoms with Crippen molar-refractivity contribution in [1.29, 1.82) is 0 Å². The lowest BCUT2D eigenvalue weighted by Crippen LogP contribution is -2.15. The predicted molar refractivity (Wildman–Crippen MR) is 90.3 cm³/mol. The van der Waals surface area contributed by atoms with Crippen molar-refractivity contribution >= 4 is 17.3 Å². The number of benzene rings is 1. The summed E-state index contributed by atoms with van der Waals surface area (Å²) in [5.74, 6) is 0.333. The highest BCUT2D eigenvalue weighted by Crippen LogP contribution is 2.25. The van der Waals surface area contributed by atoms with Gasteiger partial charge in [0.25, 0.3) is 5.91 Å². The molecular weight excluding hydrogens is 294 g/mol. The number of hydrogen-bond donors (Lipinski definition) is 2. The number of amides is 1. The van der Waals surface area contributed by atoms with Crippen molar-refractivity contribution in [1.82, 2.24) is 4.98 Å². The number of methoxy groups -OCH3 is 2. The summed E-state index contributed by atoms with van der Waals surface area (Å²) in [7, 11) is 3.21. The first-order valence-electron chi connectivity index (χ1n) is 7.29. The Kier molecular flexibility index (Phi) is 5.94. The number of ether oxygens (including phenoxy) is 2. The Labute approximate surface area is 135 Å². The normalized spacial score (nSPS) is 10.2. The molecule has 0 aliphatic heterocycles. The van der Waals surface area contributed by atoms with Crippen LogP contribution in [0.25, 0.3) is 0 Å². The molecule has 0 aliphatic carbocycles. The number of nitrogens with one attached hydrogen (secondary N) is 2. The molecule has 0 unspecified atom stereocenters. The monoisotopic (exact) mass is 315 g/mol. The van der Waals surface area contributed by atoms with Gasteiger partial charge in [0.1, 0.15) is 11.4 Å². The molecule has 1 amide bonds. The smallest absolute Gasteiger partial charge is 0.274 e. The van der Waals surface area contributed by atoms with E-state index in [0.29, 0.717) is 30.3 Å². The van der Waals surface area contributed by atoms with Gasteiger partial charge in [-0.15, -0.1) is 0 Å². The van der Waals surface area contributed by atoms with E-state index in [1.165, 1.54) is 0 Å². The van der Waals surface area contributed by atoms with Crippen molar-refractivity contribution in [2.24, 2.45) is 0 Å². The molecular formula is C17H21N3O3. The number of pyridine rings is 1. The van der Waals surface area contributed by atoms with E-state index in [-0.39, 0.29) is 5.91 Å². The lowest BCUT2D eigenvalue weighted by atomic mass is 10.2. The molecule has 1 aromatic carbocycles. The van der Waals surface area contributed by atoms with E-state index in [1.54, 1.807) is 26.5 Å². The molecule has 0 radical (unpaired) electrons. The fourth-order valence-corrected chi connectivity index (χ4v) is 2.04. The van der Waals surface area contributed by atoms with Gasteiger partial charge in [-0.05, 0) is 36.8 Å². The van der Waals surface area contributed by atoms with Gasteiger partial charge in [-0.1, -0.05) is 6.07 Å². The van der Waals surface area contributed by atoms with Crippen LogP contribution in [0.15, 0.2) is 36.5 Å². The zero-order valence-corrected chi connectivity index (χ0v) is 13.6. The average Bonchev–Trinajstić information content (AvgIpc) is 2.56. The number of anilines is 2. The minimum absolute atomic E-state index is 0.280. The fraction of sp³-hybridized carbons (Fsp3) is 0.294. The van der Waals surface area contributed by atoms with E-state index in [9.17, 15) is 4.79 Å². The molecule has 0 saturated carbocycles. The number of aromatic nitrogens is 1. The minimum Gasteiger partial charge on any atom is -0.495 e. The Morgan fingerprint density at radius 2 is 2.04 bits per heavy atom. The minimum atomic E-state index is -0.280. The van der Waals surface area contributed by atoms with Crippen LogP contribution in [-0.2, 0) is 4.74 Å². The van der Waals surface area contributed by atoms with E-state index in [2.05, 4.69) is 15.6 Å². The Morgan fingerprint density at radius 1 is 1.22 bits per heavy atom. The van der Waals surface area contributed by atoms with Gasteiger partial charge in [0, 0.05) is 13.7 Å². The first-order chi connectivity index (χ1) is 11.1. The molecule has 2 rings (SSSR count). The third kappa shape index (κ3) is 4.69. The summed E-state index contributed by atoms with van der Waals surface area (Å²) >= 11 is 0. The standard InChI is InChI=1S/C17H21N3O3/c1-12-4-7-16(23-3)15(10-12)20-17(21)14-6-5-13(11-19-14)18-8-9-22-2/h4-7,10-11,18H,8-9H2,1-3H3,(H,20,21). The number of carbonyl (C=O) groups is 1. The number of nitrogens with zero attached hydrogens (tertiary/aromatic N) is 1. The van der Waals surface area contributed by atoms with E-state index >= 15 is 0 Å². The molecule has 23 heavy (non-hydrogen) atoms. The molecule has 0 bridgehead atoms. The lowest BCUT2D eigenvalue weighted by molar-refractivity contribution is 0.102. The topological polar surface area (TPSA) is 72.5 Å².